The van der Waals surface area contributed by atoms with Crippen LogP contribution in [0.2, 0.25) is 0 Å². The number of benzene rings is 1. The molecule has 26 heavy (non-hydrogen) atoms. The Balaban J connectivity index is 1.50. The van der Waals surface area contributed by atoms with Gasteiger partial charge < -0.3 is 10.2 Å². The van der Waals surface area contributed by atoms with Crippen LogP contribution in [0, 0.1) is 0 Å². The lowest BCUT2D eigenvalue weighted by atomic mass is 9.98. The molecule has 1 N–H and O–H groups in total. The molecule has 2 amide bonds. The fraction of sp³-hybridized carbons (Fsp3) is 0.471. The third-order valence-corrected chi connectivity index (χ3v) is 5.18. The van der Waals surface area contributed by atoms with Gasteiger partial charge in [-0.1, -0.05) is 12.1 Å². The minimum absolute atomic E-state index is 0.0113. The van der Waals surface area contributed by atoms with Gasteiger partial charge >= 0.3 is 12.2 Å². The Hall–Kier alpha value is -2.58. The van der Waals surface area contributed by atoms with Gasteiger partial charge in [-0.05, 0) is 37.8 Å². The van der Waals surface area contributed by atoms with E-state index in [9.17, 15) is 18.0 Å². The van der Waals surface area contributed by atoms with Crippen molar-refractivity contribution in [1.29, 1.82) is 0 Å². The zero-order valence-corrected chi connectivity index (χ0v) is 13.9. The monoisotopic (exact) mass is 365 g/mol. The molecule has 2 atom stereocenters. The van der Waals surface area contributed by atoms with Gasteiger partial charge in [-0.25, -0.2) is 4.79 Å². The van der Waals surface area contributed by atoms with Crippen molar-refractivity contribution in [3.8, 4) is 0 Å². The van der Waals surface area contributed by atoms with Crippen molar-refractivity contribution in [1.82, 2.24) is 19.9 Å². The van der Waals surface area contributed by atoms with Gasteiger partial charge in [-0.3, -0.25) is 0 Å². The summed E-state index contributed by atoms with van der Waals surface area (Å²) in [5.74, 6) is 0. The summed E-state index contributed by atoms with van der Waals surface area (Å²) in [6.07, 6.45) is 1.83. The van der Waals surface area contributed by atoms with Crippen molar-refractivity contribution >= 4 is 11.7 Å². The zero-order chi connectivity index (χ0) is 18.3. The predicted octanol–water partition coefficient (Wildman–Crippen LogP) is 3.70. The highest BCUT2D eigenvalue weighted by Gasteiger charge is 2.44. The number of amides is 2. The van der Waals surface area contributed by atoms with Crippen LogP contribution in [0.3, 0.4) is 0 Å². The molecule has 2 aromatic rings. The molecule has 6 nitrogen and oxygen atoms in total. The minimum Gasteiger partial charge on any atom is -0.318 e. The Morgan fingerprint density at radius 1 is 1.04 bits per heavy atom. The highest BCUT2D eigenvalue weighted by Crippen LogP contribution is 2.41. The number of fused-ring (bicyclic) bond motifs is 2. The third-order valence-electron chi connectivity index (χ3n) is 5.18. The molecule has 1 aromatic heterocycles. The van der Waals surface area contributed by atoms with Crippen molar-refractivity contribution in [2.24, 2.45) is 0 Å². The van der Waals surface area contributed by atoms with Crippen molar-refractivity contribution in [3.63, 3.8) is 0 Å². The first-order chi connectivity index (χ1) is 12.4. The van der Waals surface area contributed by atoms with Gasteiger partial charge in [0.15, 0.2) is 0 Å². The molecule has 2 aliphatic rings. The van der Waals surface area contributed by atoms with E-state index >= 15 is 0 Å². The number of carbonyl (C=O) groups excluding carboxylic acids is 1. The normalized spacial score (nSPS) is 25.3. The van der Waals surface area contributed by atoms with Gasteiger partial charge in [-0.15, -0.1) is 0 Å². The molecule has 0 spiro atoms. The number of aromatic nitrogens is 3. The van der Waals surface area contributed by atoms with E-state index in [1.807, 2.05) is 0 Å². The number of hydrogen-bond donors (Lipinski definition) is 1. The standard InChI is InChI=1S/C17H18F3N5O/c18-17(19,20)14-3-1-2-4-15(14)23-16(26)24-11-5-6-12(24)10-13(9-11)25-21-7-8-22-25/h1-4,7-8,11-13H,5-6,9-10H2,(H,23,26). The molecule has 9 heteroatoms. The second kappa shape index (κ2) is 6.30. The Bertz CT molecular complexity index is 778. The fourth-order valence-corrected chi connectivity index (χ4v) is 4.10. The maximum atomic E-state index is 13.1. The van der Waals surface area contributed by atoms with Crippen LogP contribution in [-0.4, -0.2) is 38.0 Å². The first kappa shape index (κ1) is 16.9. The molecule has 0 radical (unpaired) electrons. The lowest BCUT2D eigenvalue weighted by molar-refractivity contribution is -0.136. The van der Waals surface area contributed by atoms with E-state index in [0.29, 0.717) is 12.8 Å². The van der Waals surface area contributed by atoms with Crippen LogP contribution in [0.4, 0.5) is 23.7 Å². The van der Waals surface area contributed by atoms with Crippen LogP contribution in [0.5, 0.6) is 0 Å². The Labute approximate surface area is 148 Å². The number of alkyl halides is 3. The van der Waals surface area contributed by atoms with Gasteiger partial charge in [0.25, 0.3) is 0 Å². The van der Waals surface area contributed by atoms with Gasteiger partial charge in [0.2, 0.25) is 0 Å². The van der Waals surface area contributed by atoms with Crippen molar-refractivity contribution in [2.45, 2.75) is 50.0 Å². The topological polar surface area (TPSA) is 63.1 Å². The molecule has 0 saturated carbocycles. The lowest BCUT2D eigenvalue weighted by Gasteiger charge is -2.38. The summed E-state index contributed by atoms with van der Waals surface area (Å²) in [6, 6.07) is 4.67. The molecule has 4 rings (SSSR count). The molecule has 2 bridgehead atoms. The second-order valence-corrected chi connectivity index (χ2v) is 6.74. The van der Waals surface area contributed by atoms with Gasteiger partial charge in [0.1, 0.15) is 0 Å². The summed E-state index contributed by atoms with van der Waals surface area (Å²) in [5, 5.41) is 10.8. The first-order valence-electron chi connectivity index (χ1n) is 8.55. The van der Waals surface area contributed by atoms with Crippen LogP contribution >= 0.6 is 0 Å². The minimum atomic E-state index is -4.51. The lowest BCUT2D eigenvalue weighted by Crippen LogP contribution is -2.49. The van der Waals surface area contributed by atoms with E-state index in [2.05, 4.69) is 15.5 Å². The van der Waals surface area contributed by atoms with E-state index in [4.69, 9.17) is 0 Å². The molecular weight excluding hydrogens is 347 g/mol. The quantitative estimate of drug-likeness (QED) is 0.883. The molecule has 0 aliphatic carbocycles. The number of hydrogen-bond acceptors (Lipinski definition) is 3. The highest BCUT2D eigenvalue weighted by molar-refractivity contribution is 5.91. The zero-order valence-electron chi connectivity index (χ0n) is 13.9. The molecule has 138 valence electrons. The largest absolute Gasteiger partial charge is 0.418 e. The summed E-state index contributed by atoms with van der Waals surface area (Å²) in [7, 11) is 0. The summed E-state index contributed by atoms with van der Waals surface area (Å²) in [6.45, 7) is 0. The van der Waals surface area contributed by atoms with Crippen LogP contribution in [0.25, 0.3) is 0 Å². The maximum absolute atomic E-state index is 13.1. The number of nitrogens with zero attached hydrogens (tertiary/aromatic N) is 4. The Morgan fingerprint density at radius 2 is 1.65 bits per heavy atom. The van der Waals surface area contributed by atoms with Crippen LogP contribution in [-0.2, 0) is 6.18 Å². The summed E-state index contributed by atoms with van der Waals surface area (Å²) < 4.78 is 39.4. The van der Waals surface area contributed by atoms with Crippen molar-refractivity contribution < 1.29 is 18.0 Å². The van der Waals surface area contributed by atoms with Crippen molar-refractivity contribution in [3.05, 3.63) is 42.2 Å². The maximum Gasteiger partial charge on any atom is 0.418 e. The average Bonchev–Trinajstić information content (AvgIpc) is 3.21. The Kier molecular flexibility index (Phi) is 4.08. The molecule has 2 fully saturated rings. The van der Waals surface area contributed by atoms with E-state index in [1.54, 1.807) is 22.1 Å². The van der Waals surface area contributed by atoms with E-state index in [-0.39, 0.29) is 23.8 Å². The smallest absolute Gasteiger partial charge is 0.318 e. The van der Waals surface area contributed by atoms with Crippen LogP contribution in [0.15, 0.2) is 36.7 Å². The van der Waals surface area contributed by atoms with Gasteiger partial charge in [-0.2, -0.15) is 28.2 Å². The predicted molar refractivity (Wildman–Crippen MR) is 87.4 cm³/mol. The Morgan fingerprint density at radius 3 is 2.27 bits per heavy atom. The number of nitrogens with one attached hydrogen (secondary N) is 1. The second-order valence-electron chi connectivity index (χ2n) is 6.74. The van der Waals surface area contributed by atoms with E-state index < -0.39 is 17.8 Å². The number of urea groups is 1. The van der Waals surface area contributed by atoms with Gasteiger partial charge in [0, 0.05) is 12.1 Å². The summed E-state index contributed by atoms with van der Waals surface area (Å²) in [4.78, 5) is 16.1. The number of halogens is 3. The molecule has 2 aliphatic heterocycles. The van der Waals surface area contributed by atoms with Gasteiger partial charge in [0.05, 0.1) is 29.7 Å². The van der Waals surface area contributed by atoms with E-state index in [1.165, 1.54) is 18.2 Å². The molecule has 2 saturated heterocycles. The first-order valence-corrected chi connectivity index (χ1v) is 8.55. The van der Waals surface area contributed by atoms with E-state index in [0.717, 1.165) is 18.9 Å². The summed E-state index contributed by atoms with van der Waals surface area (Å²) >= 11 is 0. The molecule has 1 aromatic carbocycles. The number of piperidine rings is 1. The third kappa shape index (κ3) is 3.02. The SMILES string of the molecule is O=C(Nc1ccccc1C(F)(F)F)N1C2CCC1CC(n1nccn1)C2. The average molecular weight is 365 g/mol. The van der Waals surface area contributed by atoms with Crippen LogP contribution < -0.4 is 5.32 Å². The molecule has 3 heterocycles. The van der Waals surface area contributed by atoms with Crippen molar-refractivity contribution in [2.75, 3.05) is 5.32 Å². The fourth-order valence-electron chi connectivity index (χ4n) is 4.10. The number of rotatable bonds is 2. The molecule has 2 unspecified atom stereocenters. The summed E-state index contributed by atoms with van der Waals surface area (Å²) in [5.41, 5.74) is -1.04. The number of anilines is 1. The number of para-hydroxylation sites is 1. The van der Waals surface area contributed by atoms with Crippen LogP contribution in [0.1, 0.15) is 37.3 Å². The highest BCUT2D eigenvalue weighted by atomic mass is 19.4. The number of carbonyl (C=O) groups is 1. The molecular formula is C17H18F3N5O.